The average molecular weight is 753 g/mol. The monoisotopic (exact) mass is 752 g/mol. The maximum Gasteiger partial charge on any atom is 0.339 e. The second-order valence-electron chi connectivity index (χ2n) is 11.0. The van der Waals surface area contributed by atoms with Crippen LogP contribution >= 0.6 is 0 Å². The molecular weight excluding hydrogens is 721 g/mol. The number of hydrogen-bond acceptors (Lipinski definition) is 11. The van der Waals surface area contributed by atoms with E-state index in [2.05, 4.69) is 0 Å². The number of carbonyl (C=O) groups excluding carboxylic acids is 3. The number of sulfonamides is 2. The molecule has 15 nitrogen and oxygen atoms in total. The lowest BCUT2D eigenvalue weighted by Gasteiger charge is -2.36. The molecule has 0 bridgehead atoms. The van der Waals surface area contributed by atoms with Gasteiger partial charge in [-0.3, -0.25) is 14.4 Å². The van der Waals surface area contributed by atoms with Crippen LogP contribution in [0.15, 0.2) is 121 Å². The molecule has 0 aliphatic rings. The van der Waals surface area contributed by atoms with Crippen molar-refractivity contribution in [1.29, 1.82) is 0 Å². The maximum atomic E-state index is 14.9. The van der Waals surface area contributed by atoms with E-state index in [0.29, 0.717) is 11.1 Å². The highest BCUT2D eigenvalue weighted by Crippen LogP contribution is 2.43. The first kappa shape index (κ1) is 39.0. The van der Waals surface area contributed by atoms with E-state index in [4.69, 9.17) is 9.47 Å². The van der Waals surface area contributed by atoms with Gasteiger partial charge in [-0.25, -0.2) is 35.9 Å². The van der Waals surface area contributed by atoms with E-state index in [1.807, 2.05) is 0 Å². The molecule has 17 heteroatoms. The van der Waals surface area contributed by atoms with Crippen molar-refractivity contribution in [3.8, 4) is 0 Å². The van der Waals surface area contributed by atoms with Crippen LogP contribution < -0.4 is 9.44 Å². The molecule has 0 fully saturated rings. The van der Waals surface area contributed by atoms with Crippen LogP contribution in [0, 0.1) is 0 Å². The summed E-state index contributed by atoms with van der Waals surface area (Å²) in [7, 11) is -11.6. The predicted octanol–water partition coefficient (Wildman–Crippen LogP) is 1.84. The second kappa shape index (κ2) is 16.5. The standard InChI is InChI=1S/C35H32N2O13S2/c38-29(49-23-25-13-5-1-6-14-25)21-36-51(45,46)34(32(41)42,27-17-9-3-10-18-27)31(40)35(33(43)44,28-19-11-4-12-20-28)52(47,48)37-22-30(39)50-24-26-15-7-2-8-16-26/h1-20,36-37H,21-24H2,(H,41,42)(H,43,44). The lowest BCUT2D eigenvalue weighted by Crippen LogP contribution is -2.66. The number of carbonyl (C=O) groups is 5. The predicted molar refractivity (Wildman–Crippen MR) is 183 cm³/mol. The van der Waals surface area contributed by atoms with Gasteiger partial charge in [0.15, 0.2) is 0 Å². The van der Waals surface area contributed by atoms with Crippen molar-refractivity contribution < 1.29 is 60.5 Å². The number of rotatable bonds is 18. The Hall–Kier alpha value is -5.75. The van der Waals surface area contributed by atoms with Crippen LogP contribution in [0.1, 0.15) is 22.3 Å². The summed E-state index contributed by atoms with van der Waals surface area (Å²) in [5.74, 6) is -9.85. The molecule has 0 saturated carbocycles. The summed E-state index contributed by atoms with van der Waals surface area (Å²) in [5, 5.41) is 21.4. The molecule has 4 aromatic carbocycles. The number of Topliss-reactive ketones (excluding diaryl/α,β-unsaturated/α-hetero) is 1. The number of ether oxygens (including phenoxy) is 2. The van der Waals surface area contributed by atoms with E-state index in [9.17, 15) is 51.0 Å². The minimum atomic E-state index is -5.82. The summed E-state index contributed by atoms with van der Waals surface area (Å²) in [6.45, 7) is -3.10. The van der Waals surface area contributed by atoms with Crippen molar-refractivity contribution in [3.63, 3.8) is 0 Å². The van der Waals surface area contributed by atoms with Crippen LogP contribution in [0.2, 0.25) is 0 Å². The zero-order valence-electron chi connectivity index (χ0n) is 27.1. The summed E-state index contributed by atoms with van der Waals surface area (Å²) < 4.78 is 62.3. The van der Waals surface area contributed by atoms with Gasteiger partial charge in [-0.05, 0) is 22.3 Å². The number of aliphatic carboxylic acids is 2. The van der Waals surface area contributed by atoms with Crippen LogP contribution in [0.5, 0.6) is 0 Å². The van der Waals surface area contributed by atoms with E-state index in [1.165, 1.54) is 12.1 Å². The van der Waals surface area contributed by atoms with Crippen LogP contribution in [0.3, 0.4) is 0 Å². The maximum absolute atomic E-state index is 14.9. The Morgan fingerprint density at radius 1 is 0.500 bits per heavy atom. The first-order valence-corrected chi connectivity index (χ1v) is 18.2. The molecule has 2 atom stereocenters. The number of ketones is 1. The minimum absolute atomic E-state index is 0.309. The first-order chi connectivity index (χ1) is 24.7. The molecule has 0 aliphatic carbocycles. The summed E-state index contributed by atoms with van der Waals surface area (Å²) in [6, 6.07) is 27.0. The lowest BCUT2D eigenvalue weighted by atomic mass is 9.82. The molecule has 4 aromatic rings. The highest BCUT2D eigenvalue weighted by Gasteiger charge is 2.72. The van der Waals surface area contributed by atoms with Gasteiger partial charge in [0.2, 0.25) is 25.8 Å². The van der Waals surface area contributed by atoms with Crippen molar-refractivity contribution in [1.82, 2.24) is 9.44 Å². The van der Waals surface area contributed by atoms with Gasteiger partial charge in [-0.15, -0.1) is 0 Å². The molecule has 0 spiro atoms. The Bertz CT molecular complexity index is 1980. The molecule has 0 aliphatic heterocycles. The molecule has 52 heavy (non-hydrogen) atoms. The van der Waals surface area contributed by atoms with Gasteiger partial charge in [-0.2, -0.15) is 0 Å². The number of carboxylic acid groups (broad SMARTS) is 2. The van der Waals surface area contributed by atoms with Gasteiger partial charge in [-0.1, -0.05) is 121 Å². The number of hydrogen-bond donors (Lipinski definition) is 4. The Kier molecular flexibility index (Phi) is 12.4. The van der Waals surface area contributed by atoms with Gasteiger partial charge in [0.25, 0.3) is 9.49 Å². The Morgan fingerprint density at radius 2 is 0.788 bits per heavy atom. The van der Waals surface area contributed by atoms with E-state index in [1.54, 1.807) is 70.1 Å². The number of carboxylic acids is 2. The van der Waals surface area contributed by atoms with Crippen LogP contribution in [-0.2, 0) is 76.2 Å². The number of nitrogens with one attached hydrogen (secondary N) is 2. The molecule has 2 unspecified atom stereocenters. The van der Waals surface area contributed by atoms with Crippen molar-refractivity contribution in [3.05, 3.63) is 144 Å². The van der Waals surface area contributed by atoms with Gasteiger partial charge >= 0.3 is 23.9 Å². The first-order valence-electron chi connectivity index (χ1n) is 15.2. The third-order valence-electron chi connectivity index (χ3n) is 7.71. The summed E-state index contributed by atoms with van der Waals surface area (Å²) in [6.07, 6.45) is 0. The molecule has 272 valence electrons. The van der Waals surface area contributed by atoms with Crippen molar-refractivity contribution in [2.24, 2.45) is 0 Å². The molecule has 0 radical (unpaired) electrons. The summed E-state index contributed by atoms with van der Waals surface area (Å²) in [4.78, 5) is 66.9. The molecule has 0 aromatic heterocycles. The molecule has 4 rings (SSSR count). The van der Waals surface area contributed by atoms with Crippen LogP contribution in [-0.4, -0.2) is 69.8 Å². The highest BCUT2D eigenvalue weighted by molar-refractivity contribution is 7.94. The van der Waals surface area contributed by atoms with Gasteiger partial charge in [0, 0.05) is 0 Å². The van der Waals surface area contributed by atoms with E-state index < -0.39 is 83.4 Å². The zero-order valence-corrected chi connectivity index (χ0v) is 28.7. The largest absolute Gasteiger partial charge is 0.479 e. The number of esters is 2. The third kappa shape index (κ3) is 7.92. The fraction of sp³-hybridized carbons (Fsp3) is 0.171. The fourth-order valence-corrected chi connectivity index (χ4v) is 8.44. The van der Waals surface area contributed by atoms with Crippen LogP contribution in [0.25, 0.3) is 0 Å². The van der Waals surface area contributed by atoms with Crippen molar-refractivity contribution >= 4 is 49.7 Å². The quantitative estimate of drug-likeness (QED) is 0.0840. The normalized spacial score (nSPS) is 13.8. The summed E-state index contributed by atoms with van der Waals surface area (Å²) >= 11 is 0. The SMILES string of the molecule is O=C(CNS(=O)(=O)C(C(=O)O)(C(=O)C(C(=O)O)(c1ccccc1)S(=O)(=O)NCC(=O)OCc1ccccc1)c1ccccc1)OCc1ccccc1. The topological polar surface area (TPSA) is 237 Å². The van der Waals surface area contributed by atoms with E-state index in [0.717, 1.165) is 48.5 Å². The average Bonchev–Trinajstić information content (AvgIpc) is 3.13. The second-order valence-corrected chi connectivity index (χ2v) is 14.8. The number of benzene rings is 4. The minimum Gasteiger partial charge on any atom is -0.479 e. The van der Waals surface area contributed by atoms with Crippen molar-refractivity contribution in [2.45, 2.75) is 22.7 Å². The Balaban J connectivity index is 1.81. The molecule has 0 saturated heterocycles. The molecule has 0 heterocycles. The fourth-order valence-electron chi connectivity index (χ4n) is 5.18. The Labute approximate surface area is 298 Å². The Morgan fingerprint density at radius 3 is 1.08 bits per heavy atom. The highest BCUT2D eigenvalue weighted by atomic mass is 32.2. The zero-order chi connectivity index (χ0) is 38.0. The van der Waals surface area contributed by atoms with Gasteiger partial charge in [0.05, 0.1) is 0 Å². The third-order valence-corrected chi connectivity index (χ3v) is 11.6. The van der Waals surface area contributed by atoms with E-state index in [-0.39, 0.29) is 13.2 Å². The summed E-state index contributed by atoms with van der Waals surface area (Å²) in [5.41, 5.74) is -0.712. The van der Waals surface area contributed by atoms with Gasteiger partial charge in [0.1, 0.15) is 26.3 Å². The van der Waals surface area contributed by atoms with Gasteiger partial charge < -0.3 is 19.7 Å². The lowest BCUT2D eigenvalue weighted by molar-refractivity contribution is -0.151. The molecular formula is C35H32N2O13S2. The van der Waals surface area contributed by atoms with Crippen LogP contribution in [0.4, 0.5) is 0 Å². The molecule has 0 amide bonds. The smallest absolute Gasteiger partial charge is 0.339 e. The van der Waals surface area contributed by atoms with Crippen molar-refractivity contribution in [2.75, 3.05) is 13.1 Å². The van der Waals surface area contributed by atoms with E-state index >= 15 is 0 Å². The molecule has 4 N–H and O–H groups in total.